The number of ether oxygens (including phenoxy) is 3. The fourth-order valence-corrected chi connectivity index (χ4v) is 2.95. The van der Waals surface area contributed by atoms with Crippen LogP contribution in [-0.2, 0) is 25.6 Å². The van der Waals surface area contributed by atoms with E-state index in [-0.39, 0.29) is 24.0 Å². The average molecular weight is 436 g/mol. The molecule has 0 aliphatic heterocycles. The Morgan fingerprint density at radius 3 is 2.43 bits per heavy atom. The highest BCUT2D eigenvalue weighted by atomic mass is 32.1. The zero-order chi connectivity index (χ0) is 22.1. The first-order chi connectivity index (χ1) is 14.2. The third-order valence-corrected chi connectivity index (χ3v) is 4.20. The number of carbonyl (C=O) groups is 3. The smallest absolute Gasteiger partial charge is 0.413 e. The molecule has 0 aliphatic rings. The maximum Gasteiger partial charge on any atom is 0.413 e. The van der Waals surface area contributed by atoms with Crippen LogP contribution < -0.4 is 10.6 Å². The number of nitrogens with one attached hydrogen (secondary N) is 2. The molecular weight excluding hydrogens is 410 g/mol. The SMILES string of the molecule is CCOC(=O)C(NC(=O)OC(C)(C)C)c1csc(NC(=O)OCc2ccccc2)n1. The van der Waals surface area contributed by atoms with E-state index in [1.807, 2.05) is 30.3 Å². The molecule has 2 aromatic rings. The zero-order valence-corrected chi connectivity index (χ0v) is 18.1. The lowest BCUT2D eigenvalue weighted by molar-refractivity contribution is -0.145. The van der Waals surface area contributed by atoms with Crippen molar-refractivity contribution in [3.63, 3.8) is 0 Å². The van der Waals surface area contributed by atoms with Crippen LogP contribution in [0.15, 0.2) is 35.7 Å². The summed E-state index contributed by atoms with van der Waals surface area (Å²) in [6.45, 7) is 7.01. The standard InChI is InChI=1S/C20H25N3O6S/c1-5-27-16(24)15(22-19(26)29-20(2,3)4)14-12-30-17(21-14)23-18(25)28-11-13-9-7-6-8-10-13/h6-10,12,15H,5,11H2,1-4H3,(H,22,26)(H,21,23,25). The molecule has 0 saturated carbocycles. The van der Waals surface area contributed by atoms with Crippen molar-refractivity contribution in [2.75, 3.05) is 11.9 Å². The van der Waals surface area contributed by atoms with Crippen LogP contribution in [-0.4, -0.2) is 35.3 Å². The summed E-state index contributed by atoms with van der Waals surface area (Å²) < 4.78 is 15.3. The van der Waals surface area contributed by atoms with Gasteiger partial charge in [0.25, 0.3) is 0 Å². The van der Waals surface area contributed by atoms with Gasteiger partial charge in [0.05, 0.1) is 12.3 Å². The molecule has 0 aliphatic carbocycles. The molecule has 162 valence electrons. The van der Waals surface area contributed by atoms with E-state index in [9.17, 15) is 14.4 Å². The maximum absolute atomic E-state index is 12.3. The Bertz CT molecular complexity index is 863. The van der Waals surface area contributed by atoms with Gasteiger partial charge in [0.2, 0.25) is 0 Å². The second kappa shape index (κ2) is 10.6. The maximum atomic E-state index is 12.3. The molecule has 1 unspecified atom stereocenters. The molecule has 9 nitrogen and oxygen atoms in total. The van der Waals surface area contributed by atoms with Gasteiger partial charge in [-0.25, -0.2) is 19.4 Å². The number of amides is 2. The molecule has 0 bridgehead atoms. The Morgan fingerprint density at radius 1 is 1.10 bits per heavy atom. The molecule has 30 heavy (non-hydrogen) atoms. The number of hydrogen-bond acceptors (Lipinski definition) is 8. The Hall–Kier alpha value is -3.14. The Labute approximate surface area is 178 Å². The van der Waals surface area contributed by atoms with E-state index in [0.29, 0.717) is 0 Å². The predicted octanol–water partition coefficient (Wildman–Crippen LogP) is 4.02. The Morgan fingerprint density at radius 2 is 1.80 bits per heavy atom. The van der Waals surface area contributed by atoms with Gasteiger partial charge in [-0.05, 0) is 33.3 Å². The lowest BCUT2D eigenvalue weighted by Gasteiger charge is -2.22. The number of alkyl carbamates (subject to hydrolysis) is 1. The Balaban J connectivity index is 2.01. The number of nitrogens with zero attached hydrogens (tertiary/aromatic N) is 1. The van der Waals surface area contributed by atoms with Gasteiger partial charge in [0, 0.05) is 5.38 Å². The zero-order valence-electron chi connectivity index (χ0n) is 17.3. The number of benzene rings is 1. The van der Waals surface area contributed by atoms with Crippen molar-refractivity contribution >= 4 is 34.6 Å². The van der Waals surface area contributed by atoms with Crippen LogP contribution in [0, 0.1) is 0 Å². The highest BCUT2D eigenvalue weighted by molar-refractivity contribution is 7.13. The number of aromatic nitrogens is 1. The molecule has 0 fully saturated rings. The summed E-state index contributed by atoms with van der Waals surface area (Å²) in [6.07, 6.45) is -1.47. The minimum Gasteiger partial charge on any atom is -0.464 e. The van der Waals surface area contributed by atoms with E-state index >= 15 is 0 Å². The summed E-state index contributed by atoms with van der Waals surface area (Å²) in [5.74, 6) is -0.688. The summed E-state index contributed by atoms with van der Waals surface area (Å²) in [5, 5.41) is 6.70. The first-order valence-electron chi connectivity index (χ1n) is 9.27. The van der Waals surface area contributed by atoms with Gasteiger partial charge >= 0.3 is 18.2 Å². The molecular formula is C20H25N3O6S. The van der Waals surface area contributed by atoms with Crippen LogP contribution in [0.3, 0.4) is 0 Å². The first kappa shape index (κ1) is 23.1. The van der Waals surface area contributed by atoms with Gasteiger partial charge in [-0.3, -0.25) is 5.32 Å². The first-order valence-corrected chi connectivity index (χ1v) is 10.1. The third-order valence-electron chi connectivity index (χ3n) is 3.42. The lowest BCUT2D eigenvalue weighted by Crippen LogP contribution is -2.39. The molecule has 10 heteroatoms. The molecule has 2 amide bonds. The van der Waals surface area contributed by atoms with Gasteiger partial charge in [-0.15, -0.1) is 11.3 Å². The van der Waals surface area contributed by atoms with Crippen molar-refractivity contribution in [2.45, 2.75) is 45.9 Å². The van der Waals surface area contributed by atoms with Crippen LogP contribution in [0.1, 0.15) is 45.0 Å². The molecule has 1 atom stereocenters. The topological polar surface area (TPSA) is 116 Å². The minimum atomic E-state index is -1.17. The van der Waals surface area contributed by atoms with Gasteiger partial charge in [0.15, 0.2) is 11.2 Å². The summed E-state index contributed by atoms with van der Waals surface area (Å²) in [7, 11) is 0. The van der Waals surface area contributed by atoms with E-state index < -0.39 is 29.8 Å². The third kappa shape index (κ3) is 7.70. The number of carbonyl (C=O) groups excluding carboxylic acids is 3. The predicted molar refractivity (Wildman–Crippen MR) is 111 cm³/mol. The lowest BCUT2D eigenvalue weighted by atomic mass is 10.2. The van der Waals surface area contributed by atoms with Crippen LogP contribution in [0.2, 0.25) is 0 Å². The number of anilines is 1. The van der Waals surface area contributed by atoms with E-state index in [1.54, 1.807) is 27.7 Å². The van der Waals surface area contributed by atoms with Gasteiger partial charge in [-0.1, -0.05) is 30.3 Å². The number of hydrogen-bond donors (Lipinski definition) is 2. The van der Waals surface area contributed by atoms with Crippen molar-refractivity contribution in [3.8, 4) is 0 Å². The fourth-order valence-electron chi connectivity index (χ4n) is 2.23. The summed E-state index contributed by atoms with van der Waals surface area (Å²) >= 11 is 1.08. The molecule has 1 aromatic carbocycles. The summed E-state index contributed by atoms with van der Waals surface area (Å²) in [5.41, 5.74) is 0.319. The van der Waals surface area contributed by atoms with Gasteiger partial charge < -0.3 is 19.5 Å². The van der Waals surface area contributed by atoms with E-state index in [4.69, 9.17) is 14.2 Å². The van der Waals surface area contributed by atoms with Gasteiger partial charge in [-0.2, -0.15) is 0 Å². The van der Waals surface area contributed by atoms with E-state index in [2.05, 4.69) is 15.6 Å². The minimum absolute atomic E-state index is 0.108. The number of esters is 1. The van der Waals surface area contributed by atoms with Crippen LogP contribution in [0.5, 0.6) is 0 Å². The second-order valence-electron chi connectivity index (χ2n) is 7.10. The van der Waals surface area contributed by atoms with Gasteiger partial charge in [0.1, 0.15) is 12.2 Å². The molecule has 1 aromatic heterocycles. The molecule has 1 heterocycles. The molecule has 0 radical (unpaired) electrons. The summed E-state index contributed by atoms with van der Waals surface area (Å²) in [4.78, 5) is 40.6. The van der Waals surface area contributed by atoms with Crippen molar-refractivity contribution in [1.29, 1.82) is 0 Å². The van der Waals surface area contributed by atoms with Crippen molar-refractivity contribution < 1.29 is 28.6 Å². The molecule has 0 spiro atoms. The van der Waals surface area contributed by atoms with Crippen molar-refractivity contribution in [1.82, 2.24) is 10.3 Å². The van der Waals surface area contributed by atoms with E-state index in [0.717, 1.165) is 16.9 Å². The molecule has 2 rings (SSSR count). The quantitative estimate of drug-likeness (QED) is 0.498. The van der Waals surface area contributed by atoms with Crippen LogP contribution in [0.4, 0.5) is 14.7 Å². The number of thiazole rings is 1. The highest BCUT2D eigenvalue weighted by Crippen LogP contribution is 2.23. The largest absolute Gasteiger partial charge is 0.464 e. The second-order valence-corrected chi connectivity index (χ2v) is 7.95. The summed E-state index contributed by atoms with van der Waals surface area (Å²) in [6, 6.07) is 8.05. The monoisotopic (exact) mass is 435 g/mol. The fraction of sp³-hybridized carbons (Fsp3) is 0.400. The molecule has 0 saturated heterocycles. The van der Waals surface area contributed by atoms with Crippen molar-refractivity contribution in [2.24, 2.45) is 0 Å². The average Bonchev–Trinajstić information content (AvgIpc) is 3.12. The van der Waals surface area contributed by atoms with Crippen LogP contribution >= 0.6 is 11.3 Å². The van der Waals surface area contributed by atoms with Crippen LogP contribution in [0.25, 0.3) is 0 Å². The highest BCUT2D eigenvalue weighted by Gasteiger charge is 2.29. The molecule has 2 N–H and O–H groups in total. The Kier molecular flexibility index (Phi) is 8.16. The number of rotatable bonds is 7. The van der Waals surface area contributed by atoms with E-state index in [1.165, 1.54) is 5.38 Å². The normalized spacial score (nSPS) is 11.9. The van der Waals surface area contributed by atoms with Crippen molar-refractivity contribution in [3.05, 3.63) is 47.0 Å².